The van der Waals surface area contributed by atoms with Gasteiger partial charge in [-0.1, -0.05) is 19.9 Å². The fourth-order valence-corrected chi connectivity index (χ4v) is 3.14. The molecule has 0 saturated heterocycles. The lowest BCUT2D eigenvalue weighted by Gasteiger charge is -2.09. The molecule has 0 radical (unpaired) electrons. The van der Waals surface area contributed by atoms with E-state index in [1.807, 2.05) is 12.3 Å². The van der Waals surface area contributed by atoms with Gasteiger partial charge in [-0.15, -0.1) is 0 Å². The van der Waals surface area contributed by atoms with Crippen LogP contribution in [0.15, 0.2) is 22.8 Å². The van der Waals surface area contributed by atoms with Crippen LogP contribution in [0.4, 0.5) is 0 Å². The van der Waals surface area contributed by atoms with Gasteiger partial charge in [0.05, 0.1) is 21.6 Å². The van der Waals surface area contributed by atoms with Crippen LogP contribution in [0.1, 0.15) is 43.4 Å². The Balaban J connectivity index is 2.05. The molecule has 2 heterocycles. The zero-order chi connectivity index (χ0) is 15.2. The summed E-state index contributed by atoms with van der Waals surface area (Å²) in [5.74, 6) is 0. The van der Waals surface area contributed by atoms with Gasteiger partial charge in [0.1, 0.15) is 0 Å². The molecular formula is C16H23BrN4. The Morgan fingerprint density at radius 3 is 2.62 bits per heavy atom. The van der Waals surface area contributed by atoms with Crippen molar-refractivity contribution < 1.29 is 0 Å². The Kier molecular flexibility index (Phi) is 5.94. The van der Waals surface area contributed by atoms with Crippen molar-refractivity contribution in [1.82, 2.24) is 20.1 Å². The van der Waals surface area contributed by atoms with Gasteiger partial charge in [-0.05, 0) is 47.3 Å². The molecule has 21 heavy (non-hydrogen) atoms. The lowest BCUT2D eigenvalue weighted by molar-refractivity contribution is 0.572. The third kappa shape index (κ3) is 3.71. The highest BCUT2D eigenvalue weighted by Gasteiger charge is 2.13. The molecule has 0 bridgehead atoms. The molecule has 2 aromatic rings. The number of nitrogens with zero attached hydrogens (tertiary/aromatic N) is 3. The quantitative estimate of drug-likeness (QED) is 0.831. The van der Waals surface area contributed by atoms with Crippen LogP contribution >= 0.6 is 15.9 Å². The van der Waals surface area contributed by atoms with Crippen LogP contribution in [0.25, 0.3) is 0 Å². The number of aryl methyl sites for hydroxylation is 3. The number of halogens is 1. The predicted octanol–water partition coefficient (Wildman–Crippen LogP) is 3.48. The molecule has 0 atom stereocenters. The molecule has 114 valence electrons. The maximum absolute atomic E-state index is 4.62. The zero-order valence-corrected chi connectivity index (χ0v) is 14.6. The Bertz CT molecular complexity index is 592. The molecule has 2 aromatic heterocycles. The van der Waals surface area contributed by atoms with E-state index in [0.717, 1.165) is 48.3 Å². The van der Waals surface area contributed by atoms with E-state index in [1.54, 1.807) is 0 Å². The van der Waals surface area contributed by atoms with Crippen molar-refractivity contribution in [3.05, 3.63) is 45.4 Å². The molecule has 4 nitrogen and oxygen atoms in total. The molecule has 0 saturated carbocycles. The molecule has 0 aliphatic rings. The number of nitrogens with one attached hydrogen (secondary N) is 1. The van der Waals surface area contributed by atoms with Gasteiger partial charge in [-0.25, -0.2) is 0 Å². The van der Waals surface area contributed by atoms with Crippen molar-refractivity contribution in [3.63, 3.8) is 0 Å². The van der Waals surface area contributed by atoms with E-state index in [4.69, 9.17) is 0 Å². The van der Waals surface area contributed by atoms with Gasteiger partial charge in [0, 0.05) is 25.8 Å². The Morgan fingerprint density at radius 1 is 1.14 bits per heavy atom. The van der Waals surface area contributed by atoms with Crippen LogP contribution < -0.4 is 5.32 Å². The van der Waals surface area contributed by atoms with Crippen molar-refractivity contribution in [2.75, 3.05) is 0 Å². The second-order valence-electron chi connectivity index (χ2n) is 4.94. The molecule has 0 aliphatic carbocycles. The summed E-state index contributed by atoms with van der Waals surface area (Å²) in [7, 11) is 0. The van der Waals surface area contributed by atoms with Gasteiger partial charge in [0.15, 0.2) is 0 Å². The summed E-state index contributed by atoms with van der Waals surface area (Å²) in [6.07, 6.45) is 3.82. The Labute approximate surface area is 135 Å². The first kappa shape index (κ1) is 16.2. The minimum atomic E-state index is 0.785. The Hall–Kier alpha value is -1.20. The van der Waals surface area contributed by atoms with Gasteiger partial charge in [0.2, 0.25) is 0 Å². The van der Waals surface area contributed by atoms with E-state index in [-0.39, 0.29) is 0 Å². The van der Waals surface area contributed by atoms with E-state index >= 15 is 0 Å². The van der Waals surface area contributed by atoms with Gasteiger partial charge in [-0.2, -0.15) is 5.10 Å². The second kappa shape index (κ2) is 7.71. The smallest absolute Gasteiger partial charge is 0.0767 e. The summed E-state index contributed by atoms with van der Waals surface area (Å²) in [5, 5.41) is 8.11. The highest BCUT2D eigenvalue weighted by atomic mass is 79.9. The van der Waals surface area contributed by atoms with Gasteiger partial charge in [0.25, 0.3) is 0 Å². The monoisotopic (exact) mass is 350 g/mol. The van der Waals surface area contributed by atoms with Crippen molar-refractivity contribution in [1.29, 1.82) is 0 Å². The first-order valence-corrected chi connectivity index (χ1v) is 8.38. The van der Waals surface area contributed by atoms with Crippen LogP contribution in [0.2, 0.25) is 0 Å². The zero-order valence-electron chi connectivity index (χ0n) is 13.0. The SMILES string of the molecule is CCc1cccnc1CNCc1c(Br)c(CC)nn1CC. The molecule has 0 aliphatic heterocycles. The first-order valence-electron chi connectivity index (χ1n) is 7.58. The van der Waals surface area contributed by atoms with Crippen LogP contribution in [0.3, 0.4) is 0 Å². The normalized spacial score (nSPS) is 11.0. The molecule has 0 fully saturated rings. The third-order valence-electron chi connectivity index (χ3n) is 3.64. The first-order chi connectivity index (χ1) is 10.2. The molecule has 0 spiro atoms. The summed E-state index contributed by atoms with van der Waals surface area (Å²) in [6, 6.07) is 4.14. The number of hydrogen-bond acceptors (Lipinski definition) is 3. The summed E-state index contributed by atoms with van der Waals surface area (Å²) < 4.78 is 3.20. The lowest BCUT2D eigenvalue weighted by Crippen LogP contribution is -2.18. The average Bonchev–Trinajstić information content (AvgIpc) is 2.83. The van der Waals surface area contributed by atoms with E-state index in [0.29, 0.717) is 0 Å². The van der Waals surface area contributed by atoms with Crippen molar-refractivity contribution >= 4 is 15.9 Å². The van der Waals surface area contributed by atoms with Crippen LogP contribution in [-0.2, 0) is 32.5 Å². The largest absolute Gasteiger partial charge is 0.305 e. The van der Waals surface area contributed by atoms with Crippen molar-refractivity contribution in [3.8, 4) is 0 Å². The van der Waals surface area contributed by atoms with Crippen LogP contribution in [-0.4, -0.2) is 14.8 Å². The van der Waals surface area contributed by atoms with E-state index in [1.165, 1.54) is 11.3 Å². The fourth-order valence-electron chi connectivity index (χ4n) is 2.44. The maximum atomic E-state index is 4.62. The number of hydrogen-bond donors (Lipinski definition) is 1. The average molecular weight is 351 g/mol. The fraction of sp³-hybridized carbons (Fsp3) is 0.500. The highest BCUT2D eigenvalue weighted by molar-refractivity contribution is 9.10. The van der Waals surface area contributed by atoms with E-state index in [9.17, 15) is 0 Å². The Morgan fingerprint density at radius 2 is 1.95 bits per heavy atom. The van der Waals surface area contributed by atoms with Crippen molar-refractivity contribution in [2.24, 2.45) is 0 Å². The lowest BCUT2D eigenvalue weighted by atomic mass is 10.1. The van der Waals surface area contributed by atoms with E-state index < -0.39 is 0 Å². The minimum Gasteiger partial charge on any atom is -0.305 e. The molecule has 0 aromatic carbocycles. The molecular weight excluding hydrogens is 328 g/mol. The third-order valence-corrected chi connectivity index (χ3v) is 4.56. The summed E-state index contributed by atoms with van der Waals surface area (Å²) in [6.45, 7) is 8.88. The molecule has 0 unspecified atom stereocenters. The minimum absolute atomic E-state index is 0.785. The van der Waals surface area contributed by atoms with Gasteiger partial charge in [-0.3, -0.25) is 9.67 Å². The molecule has 5 heteroatoms. The topological polar surface area (TPSA) is 42.7 Å². The van der Waals surface area contributed by atoms with Crippen molar-refractivity contribution in [2.45, 2.75) is 53.2 Å². The summed E-state index contributed by atoms with van der Waals surface area (Å²) in [4.78, 5) is 4.47. The van der Waals surface area contributed by atoms with Crippen LogP contribution in [0.5, 0.6) is 0 Å². The standard InChI is InChI=1S/C16H23BrN4/c1-4-12-8-7-9-19-14(12)10-18-11-15-16(17)13(5-2)20-21(15)6-3/h7-9,18H,4-6,10-11H2,1-3H3. The maximum Gasteiger partial charge on any atom is 0.0767 e. The predicted molar refractivity (Wildman–Crippen MR) is 89.1 cm³/mol. The molecule has 0 amide bonds. The van der Waals surface area contributed by atoms with Gasteiger partial charge >= 0.3 is 0 Å². The highest BCUT2D eigenvalue weighted by Crippen LogP contribution is 2.22. The van der Waals surface area contributed by atoms with Crippen LogP contribution in [0, 0.1) is 0 Å². The summed E-state index contributed by atoms with van der Waals surface area (Å²) in [5.41, 5.74) is 4.78. The van der Waals surface area contributed by atoms with Gasteiger partial charge < -0.3 is 5.32 Å². The summed E-state index contributed by atoms with van der Waals surface area (Å²) >= 11 is 3.68. The second-order valence-corrected chi connectivity index (χ2v) is 5.74. The van der Waals surface area contributed by atoms with E-state index in [2.05, 4.69) is 62.8 Å². The number of pyridine rings is 1. The molecule has 2 rings (SSSR count). The molecule has 1 N–H and O–H groups in total. The number of aromatic nitrogens is 3. The number of rotatable bonds is 7.